The summed E-state index contributed by atoms with van der Waals surface area (Å²) in [6.45, 7) is 2.79. The van der Waals surface area contributed by atoms with Gasteiger partial charge in [-0.3, -0.25) is 4.79 Å². The zero-order valence-corrected chi connectivity index (χ0v) is 11.2. The summed E-state index contributed by atoms with van der Waals surface area (Å²) in [7, 11) is 2.02. The first-order chi connectivity index (χ1) is 9.10. The van der Waals surface area contributed by atoms with Crippen LogP contribution < -0.4 is 5.73 Å². The van der Waals surface area contributed by atoms with Gasteiger partial charge in [-0.05, 0) is 24.7 Å². The fraction of sp³-hybridized carbons (Fsp3) is 0.500. The summed E-state index contributed by atoms with van der Waals surface area (Å²) in [4.78, 5) is 16.3. The maximum absolute atomic E-state index is 13.1. The Morgan fingerprint density at radius 2 is 2.26 bits per heavy atom. The molecule has 2 rings (SSSR count). The first kappa shape index (κ1) is 14.0. The second-order valence-corrected chi connectivity index (χ2v) is 5.05. The molecule has 1 aromatic carbocycles. The van der Waals surface area contributed by atoms with Crippen LogP contribution in [0.4, 0.5) is 4.39 Å². The highest BCUT2D eigenvalue weighted by atomic mass is 19.1. The number of carbonyl (C=O) groups is 1. The molecule has 0 aromatic heterocycles. The molecule has 0 bridgehead atoms. The monoisotopic (exact) mass is 265 g/mol. The smallest absolute Gasteiger partial charge is 0.227 e. The van der Waals surface area contributed by atoms with E-state index in [9.17, 15) is 9.18 Å². The molecule has 1 aromatic rings. The molecule has 1 atom stereocenters. The van der Waals surface area contributed by atoms with Crippen molar-refractivity contribution in [1.82, 2.24) is 9.80 Å². The Labute approximate surface area is 113 Å². The van der Waals surface area contributed by atoms with Crippen LogP contribution in [-0.2, 0) is 11.2 Å². The summed E-state index contributed by atoms with van der Waals surface area (Å²) in [5.41, 5.74) is 6.44. The van der Waals surface area contributed by atoms with Crippen molar-refractivity contribution in [2.24, 2.45) is 5.73 Å². The molecule has 1 saturated heterocycles. The van der Waals surface area contributed by atoms with Crippen molar-refractivity contribution in [3.05, 3.63) is 35.6 Å². The fourth-order valence-electron chi connectivity index (χ4n) is 2.46. The molecule has 0 saturated carbocycles. The summed E-state index contributed by atoms with van der Waals surface area (Å²) in [5, 5.41) is 0. The Hall–Kier alpha value is -1.46. The fourth-order valence-corrected chi connectivity index (χ4v) is 2.46. The van der Waals surface area contributed by atoms with Crippen LogP contribution in [0.3, 0.4) is 0 Å². The van der Waals surface area contributed by atoms with Crippen molar-refractivity contribution in [2.45, 2.75) is 12.5 Å². The number of likely N-dealkylation sites (N-methyl/N-ethyl adjacent to an activating group) is 1. The molecule has 0 spiro atoms. The quantitative estimate of drug-likeness (QED) is 0.864. The Bertz CT molecular complexity index is 452. The Morgan fingerprint density at radius 1 is 1.47 bits per heavy atom. The van der Waals surface area contributed by atoms with Gasteiger partial charge in [0.15, 0.2) is 0 Å². The van der Waals surface area contributed by atoms with Gasteiger partial charge in [0.1, 0.15) is 5.82 Å². The van der Waals surface area contributed by atoms with E-state index in [1.807, 2.05) is 11.9 Å². The van der Waals surface area contributed by atoms with Crippen molar-refractivity contribution in [2.75, 3.05) is 33.2 Å². The number of nitrogens with two attached hydrogens (primary N) is 1. The lowest BCUT2D eigenvalue weighted by atomic mass is 10.1. The minimum Gasteiger partial charge on any atom is -0.336 e. The number of piperazine rings is 1. The summed E-state index contributed by atoms with van der Waals surface area (Å²) < 4.78 is 13.1. The third-order valence-electron chi connectivity index (χ3n) is 3.52. The van der Waals surface area contributed by atoms with Crippen molar-refractivity contribution >= 4 is 5.91 Å². The number of hydrogen-bond donors (Lipinski definition) is 1. The molecule has 4 nitrogen and oxygen atoms in total. The van der Waals surface area contributed by atoms with Gasteiger partial charge in [0, 0.05) is 26.2 Å². The van der Waals surface area contributed by atoms with E-state index in [0.717, 1.165) is 13.1 Å². The van der Waals surface area contributed by atoms with Crippen molar-refractivity contribution < 1.29 is 9.18 Å². The van der Waals surface area contributed by atoms with Gasteiger partial charge < -0.3 is 15.5 Å². The number of hydrogen-bond acceptors (Lipinski definition) is 3. The highest BCUT2D eigenvalue weighted by Crippen LogP contribution is 2.11. The number of nitrogens with zero attached hydrogens (tertiary/aromatic N) is 2. The van der Waals surface area contributed by atoms with Crippen molar-refractivity contribution in [3.63, 3.8) is 0 Å². The summed E-state index contributed by atoms with van der Waals surface area (Å²) in [6, 6.07) is 6.24. The molecule has 5 heteroatoms. The van der Waals surface area contributed by atoms with Crippen LogP contribution in [0.15, 0.2) is 24.3 Å². The topological polar surface area (TPSA) is 49.6 Å². The lowest BCUT2D eigenvalue weighted by Crippen LogP contribution is -2.57. The van der Waals surface area contributed by atoms with Gasteiger partial charge in [0.25, 0.3) is 0 Å². The zero-order valence-electron chi connectivity index (χ0n) is 11.2. The standard InChI is InChI=1S/C14H20FN3O/c1-17-5-6-18(13(9-16)10-17)14(19)8-11-3-2-4-12(15)7-11/h2-4,7,13H,5-6,8-10,16H2,1H3. The lowest BCUT2D eigenvalue weighted by Gasteiger charge is -2.39. The van der Waals surface area contributed by atoms with Gasteiger partial charge >= 0.3 is 0 Å². The van der Waals surface area contributed by atoms with E-state index in [-0.39, 0.29) is 24.2 Å². The zero-order chi connectivity index (χ0) is 13.8. The van der Waals surface area contributed by atoms with Gasteiger partial charge in [-0.25, -0.2) is 4.39 Å². The van der Waals surface area contributed by atoms with Crippen LogP contribution in [-0.4, -0.2) is 55.0 Å². The Balaban J connectivity index is 2.02. The average Bonchev–Trinajstić information content (AvgIpc) is 2.38. The van der Waals surface area contributed by atoms with Crippen LogP contribution >= 0.6 is 0 Å². The second kappa shape index (κ2) is 6.12. The van der Waals surface area contributed by atoms with Crippen molar-refractivity contribution in [3.8, 4) is 0 Å². The molecule has 1 amide bonds. The molecule has 1 aliphatic heterocycles. The molecule has 0 radical (unpaired) electrons. The van der Waals surface area contributed by atoms with Gasteiger partial charge in [-0.2, -0.15) is 0 Å². The molecule has 1 heterocycles. The van der Waals surface area contributed by atoms with E-state index in [1.54, 1.807) is 12.1 Å². The molecular weight excluding hydrogens is 245 g/mol. The Morgan fingerprint density at radius 3 is 2.95 bits per heavy atom. The predicted octanol–water partition coefficient (Wildman–Crippen LogP) is 0.469. The molecule has 19 heavy (non-hydrogen) atoms. The maximum Gasteiger partial charge on any atom is 0.227 e. The van der Waals surface area contributed by atoms with E-state index in [4.69, 9.17) is 5.73 Å². The SMILES string of the molecule is CN1CCN(C(=O)Cc2cccc(F)c2)C(CN)C1. The first-order valence-corrected chi connectivity index (χ1v) is 6.52. The largest absolute Gasteiger partial charge is 0.336 e. The van der Waals surface area contributed by atoms with Crippen LogP contribution in [0.2, 0.25) is 0 Å². The Kier molecular flexibility index (Phi) is 4.50. The summed E-state index contributed by atoms with van der Waals surface area (Å²) >= 11 is 0. The molecule has 1 aliphatic rings. The normalized spacial score (nSPS) is 20.6. The lowest BCUT2D eigenvalue weighted by molar-refractivity contribution is -0.134. The maximum atomic E-state index is 13.1. The molecule has 2 N–H and O–H groups in total. The number of benzene rings is 1. The molecule has 0 aliphatic carbocycles. The number of halogens is 1. The van der Waals surface area contributed by atoms with Crippen LogP contribution in [0.1, 0.15) is 5.56 Å². The highest BCUT2D eigenvalue weighted by molar-refractivity contribution is 5.79. The minimum absolute atomic E-state index is 0.0224. The predicted molar refractivity (Wildman–Crippen MR) is 72.2 cm³/mol. The minimum atomic E-state index is -0.306. The van der Waals surface area contributed by atoms with Crippen LogP contribution in [0.25, 0.3) is 0 Å². The van der Waals surface area contributed by atoms with E-state index >= 15 is 0 Å². The first-order valence-electron chi connectivity index (χ1n) is 6.52. The van der Waals surface area contributed by atoms with Gasteiger partial charge in [-0.15, -0.1) is 0 Å². The third kappa shape index (κ3) is 3.52. The van der Waals surface area contributed by atoms with Crippen LogP contribution in [0.5, 0.6) is 0 Å². The number of amides is 1. The molecule has 104 valence electrons. The summed E-state index contributed by atoms with van der Waals surface area (Å²) in [5.74, 6) is -0.284. The highest BCUT2D eigenvalue weighted by Gasteiger charge is 2.27. The van der Waals surface area contributed by atoms with Gasteiger partial charge in [0.05, 0.1) is 12.5 Å². The van der Waals surface area contributed by atoms with E-state index in [2.05, 4.69) is 4.90 Å². The number of rotatable bonds is 3. The molecular formula is C14H20FN3O. The summed E-state index contributed by atoms with van der Waals surface area (Å²) in [6.07, 6.45) is 0.234. The van der Waals surface area contributed by atoms with Gasteiger partial charge in [-0.1, -0.05) is 12.1 Å². The second-order valence-electron chi connectivity index (χ2n) is 5.05. The van der Waals surface area contributed by atoms with Gasteiger partial charge in [0.2, 0.25) is 5.91 Å². The van der Waals surface area contributed by atoms with Crippen LogP contribution in [0, 0.1) is 5.82 Å². The third-order valence-corrected chi connectivity index (χ3v) is 3.52. The van der Waals surface area contributed by atoms with E-state index < -0.39 is 0 Å². The molecule has 1 unspecified atom stereocenters. The molecule has 1 fully saturated rings. The number of carbonyl (C=O) groups excluding carboxylic acids is 1. The van der Waals surface area contributed by atoms with E-state index in [1.165, 1.54) is 12.1 Å². The van der Waals surface area contributed by atoms with Crippen molar-refractivity contribution in [1.29, 1.82) is 0 Å². The van der Waals surface area contributed by atoms with E-state index in [0.29, 0.717) is 18.7 Å². The average molecular weight is 265 g/mol.